The monoisotopic (exact) mass is 264 g/mol. The Kier molecular flexibility index (Phi) is 3.39. The maximum absolute atomic E-state index is 11.9. The lowest BCUT2D eigenvalue weighted by Gasteiger charge is -2.08. The maximum atomic E-state index is 11.9. The molecule has 1 aromatic heterocycles. The van der Waals surface area contributed by atoms with Gasteiger partial charge in [0, 0.05) is 24.3 Å². The van der Waals surface area contributed by atoms with E-state index < -0.39 is 0 Å². The number of hydrogen-bond donors (Lipinski definition) is 0. The smallest absolute Gasteiger partial charge is 0.303 e. The summed E-state index contributed by atoms with van der Waals surface area (Å²) >= 11 is 6.10. The summed E-state index contributed by atoms with van der Waals surface area (Å²) in [6.07, 6.45) is 1.46. The summed E-state index contributed by atoms with van der Waals surface area (Å²) in [6.45, 7) is 2.12. The van der Waals surface area contributed by atoms with Gasteiger partial charge in [-0.05, 0) is 24.1 Å². The molecule has 0 aliphatic heterocycles. The van der Waals surface area contributed by atoms with Crippen molar-refractivity contribution in [2.24, 2.45) is 7.05 Å². The molecule has 2 rings (SSSR count). The first-order valence-corrected chi connectivity index (χ1v) is 5.88. The van der Waals surface area contributed by atoms with Crippen LogP contribution in [0, 0.1) is 6.92 Å². The Morgan fingerprint density at radius 2 is 1.94 bits per heavy atom. The first kappa shape index (κ1) is 12.6. The van der Waals surface area contributed by atoms with Crippen LogP contribution in [0.2, 0.25) is 5.02 Å². The van der Waals surface area contributed by atoms with Gasteiger partial charge in [-0.2, -0.15) is 0 Å². The molecule has 0 N–H and O–H groups in total. The largest absolute Gasteiger partial charge is 0.331 e. The van der Waals surface area contributed by atoms with Crippen molar-refractivity contribution in [3.05, 3.63) is 67.4 Å². The van der Waals surface area contributed by atoms with Gasteiger partial charge in [-0.25, -0.2) is 4.79 Å². The molecule has 0 bridgehead atoms. The topological polar surface area (TPSA) is 44.0 Å². The normalized spacial score (nSPS) is 10.6. The highest BCUT2D eigenvalue weighted by molar-refractivity contribution is 6.31. The molecule has 1 heterocycles. The molecule has 0 saturated carbocycles. The second kappa shape index (κ2) is 4.82. The van der Waals surface area contributed by atoms with E-state index in [0.29, 0.717) is 5.02 Å². The van der Waals surface area contributed by atoms with E-state index in [1.807, 2.05) is 25.1 Å². The molecule has 94 valence electrons. The Morgan fingerprint density at radius 3 is 2.61 bits per heavy atom. The van der Waals surface area contributed by atoms with Gasteiger partial charge in [-0.1, -0.05) is 23.7 Å². The molecule has 0 saturated heterocycles. The zero-order chi connectivity index (χ0) is 13.3. The average molecular weight is 265 g/mol. The summed E-state index contributed by atoms with van der Waals surface area (Å²) in [5.41, 5.74) is 1.12. The molecule has 5 heteroatoms. The third-order valence-electron chi connectivity index (χ3n) is 2.78. The predicted molar refractivity (Wildman–Crippen MR) is 71.2 cm³/mol. The fourth-order valence-electron chi connectivity index (χ4n) is 1.71. The summed E-state index contributed by atoms with van der Waals surface area (Å²) in [5, 5.41) is 0.563. The van der Waals surface area contributed by atoms with Crippen LogP contribution in [-0.4, -0.2) is 9.13 Å². The van der Waals surface area contributed by atoms with Gasteiger partial charge in [0.1, 0.15) is 0 Å². The average Bonchev–Trinajstić information content (AvgIpc) is 2.32. The fourth-order valence-corrected chi connectivity index (χ4v) is 2.01. The maximum Gasteiger partial charge on any atom is 0.331 e. The van der Waals surface area contributed by atoms with E-state index >= 15 is 0 Å². The van der Waals surface area contributed by atoms with Crippen LogP contribution in [0.5, 0.6) is 0 Å². The Hall–Kier alpha value is -1.81. The third kappa shape index (κ3) is 2.38. The Balaban J connectivity index is 2.50. The number of nitrogens with zero attached hydrogens (tertiary/aromatic N) is 2. The van der Waals surface area contributed by atoms with Crippen molar-refractivity contribution in [1.82, 2.24) is 9.13 Å². The highest BCUT2D eigenvalue weighted by Crippen LogP contribution is 2.17. The summed E-state index contributed by atoms with van der Waals surface area (Å²) in [5.74, 6) is 0. The summed E-state index contributed by atoms with van der Waals surface area (Å²) < 4.78 is 2.53. The van der Waals surface area contributed by atoms with Crippen LogP contribution in [-0.2, 0) is 13.6 Å². The first-order valence-electron chi connectivity index (χ1n) is 5.50. The molecule has 0 atom stereocenters. The second-order valence-corrected chi connectivity index (χ2v) is 4.64. The van der Waals surface area contributed by atoms with Crippen molar-refractivity contribution in [1.29, 1.82) is 0 Å². The lowest BCUT2D eigenvalue weighted by molar-refractivity contribution is 0.639. The van der Waals surface area contributed by atoms with Gasteiger partial charge in [0.2, 0.25) is 0 Å². The zero-order valence-corrected chi connectivity index (χ0v) is 10.9. The van der Waals surface area contributed by atoms with Crippen molar-refractivity contribution >= 4 is 11.6 Å². The minimum atomic E-state index is -0.348. The van der Waals surface area contributed by atoms with Gasteiger partial charge in [0.05, 0.1) is 6.54 Å². The van der Waals surface area contributed by atoms with Gasteiger partial charge in [-0.15, -0.1) is 0 Å². The van der Waals surface area contributed by atoms with Crippen LogP contribution >= 0.6 is 11.6 Å². The summed E-state index contributed by atoms with van der Waals surface area (Å²) in [7, 11) is 1.61. The molecule has 0 amide bonds. The van der Waals surface area contributed by atoms with Crippen molar-refractivity contribution < 1.29 is 0 Å². The summed E-state index contributed by atoms with van der Waals surface area (Å²) in [6, 6.07) is 6.91. The van der Waals surface area contributed by atoms with Crippen LogP contribution in [0.15, 0.2) is 40.1 Å². The molecule has 0 aliphatic carbocycles. The van der Waals surface area contributed by atoms with Gasteiger partial charge >= 0.3 is 5.69 Å². The Labute approximate surface area is 109 Å². The van der Waals surface area contributed by atoms with Gasteiger partial charge in [0.15, 0.2) is 0 Å². The lowest BCUT2D eigenvalue weighted by atomic mass is 10.1. The molecule has 0 fully saturated rings. The Bertz CT molecular complexity index is 701. The van der Waals surface area contributed by atoms with Crippen LogP contribution < -0.4 is 11.2 Å². The molecular weight excluding hydrogens is 252 g/mol. The molecule has 0 spiro atoms. The standard InChI is InChI=1S/C13H13ClN2O2/c1-9-3-4-10(11(14)7-9)8-16-12(17)5-6-15(2)13(16)18/h3-7H,8H2,1-2H3. The van der Waals surface area contributed by atoms with E-state index in [2.05, 4.69) is 0 Å². The zero-order valence-electron chi connectivity index (χ0n) is 10.2. The van der Waals surface area contributed by atoms with Gasteiger partial charge in [0.25, 0.3) is 5.56 Å². The van der Waals surface area contributed by atoms with Gasteiger partial charge < -0.3 is 4.57 Å². The quantitative estimate of drug-likeness (QED) is 0.826. The van der Waals surface area contributed by atoms with Crippen molar-refractivity contribution in [2.45, 2.75) is 13.5 Å². The fraction of sp³-hybridized carbons (Fsp3) is 0.231. The number of halogens is 1. The predicted octanol–water partition coefficient (Wildman–Crippen LogP) is 1.56. The van der Waals surface area contributed by atoms with E-state index in [1.165, 1.54) is 16.8 Å². The highest BCUT2D eigenvalue weighted by Gasteiger charge is 2.06. The number of aromatic nitrogens is 2. The minimum absolute atomic E-state index is 0.186. The molecule has 2 aromatic rings. The number of hydrogen-bond acceptors (Lipinski definition) is 2. The second-order valence-electron chi connectivity index (χ2n) is 4.23. The van der Waals surface area contributed by atoms with E-state index in [0.717, 1.165) is 15.7 Å². The third-order valence-corrected chi connectivity index (χ3v) is 3.13. The van der Waals surface area contributed by atoms with Crippen molar-refractivity contribution in [3.8, 4) is 0 Å². The minimum Gasteiger partial charge on any atom is -0.303 e. The van der Waals surface area contributed by atoms with Crippen molar-refractivity contribution in [3.63, 3.8) is 0 Å². The van der Waals surface area contributed by atoms with Crippen LogP contribution in [0.1, 0.15) is 11.1 Å². The van der Waals surface area contributed by atoms with Gasteiger partial charge in [-0.3, -0.25) is 9.36 Å². The van der Waals surface area contributed by atoms with Crippen LogP contribution in [0.3, 0.4) is 0 Å². The van der Waals surface area contributed by atoms with Crippen LogP contribution in [0.25, 0.3) is 0 Å². The molecule has 18 heavy (non-hydrogen) atoms. The van der Waals surface area contributed by atoms with Crippen LogP contribution in [0.4, 0.5) is 0 Å². The van der Waals surface area contributed by atoms with E-state index in [4.69, 9.17) is 11.6 Å². The first-order chi connectivity index (χ1) is 8.49. The molecule has 0 radical (unpaired) electrons. The Morgan fingerprint density at radius 1 is 1.22 bits per heavy atom. The summed E-state index contributed by atoms with van der Waals surface area (Å²) in [4.78, 5) is 23.5. The SMILES string of the molecule is Cc1ccc(Cn2c(=O)ccn(C)c2=O)c(Cl)c1. The van der Waals surface area contributed by atoms with E-state index in [1.54, 1.807) is 7.05 Å². The molecular formula is C13H13ClN2O2. The van der Waals surface area contributed by atoms with Crippen molar-refractivity contribution in [2.75, 3.05) is 0 Å². The molecule has 0 aliphatic rings. The number of aryl methyl sites for hydroxylation is 2. The molecule has 1 aromatic carbocycles. The van der Waals surface area contributed by atoms with E-state index in [9.17, 15) is 9.59 Å². The highest BCUT2D eigenvalue weighted by atomic mass is 35.5. The lowest BCUT2D eigenvalue weighted by Crippen LogP contribution is -2.38. The van der Waals surface area contributed by atoms with E-state index in [-0.39, 0.29) is 17.8 Å². The number of rotatable bonds is 2. The molecule has 4 nitrogen and oxygen atoms in total. The number of benzene rings is 1. The molecule has 0 unspecified atom stereocenters.